The predicted octanol–water partition coefficient (Wildman–Crippen LogP) is 1.49. The van der Waals surface area contributed by atoms with Gasteiger partial charge in [-0.3, -0.25) is 9.59 Å². The minimum Gasteiger partial charge on any atom is -0.339 e. The zero-order valence-electron chi connectivity index (χ0n) is 15.4. The van der Waals surface area contributed by atoms with Gasteiger partial charge in [0.1, 0.15) is 0 Å². The number of hydrogen-bond acceptors (Lipinski definition) is 5. The molecule has 0 spiro atoms. The van der Waals surface area contributed by atoms with E-state index in [-0.39, 0.29) is 24.2 Å². The Kier molecular flexibility index (Phi) is 4.75. The first kappa shape index (κ1) is 17.5. The Morgan fingerprint density at radius 3 is 2.37 bits per heavy atom. The van der Waals surface area contributed by atoms with Crippen molar-refractivity contribution in [2.24, 2.45) is 5.92 Å². The summed E-state index contributed by atoms with van der Waals surface area (Å²) in [5, 5.41) is 0. The zero-order chi connectivity index (χ0) is 18.8. The smallest absolute Gasteiger partial charge is 0.228 e. The molecule has 2 fully saturated rings. The van der Waals surface area contributed by atoms with Crippen LogP contribution in [0.25, 0.3) is 0 Å². The first-order valence-electron chi connectivity index (χ1n) is 9.29. The molecule has 0 saturated carbocycles. The molecule has 1 aromatic heterocycles. The van der Waals surface area contributed by atoms with Gasteiger partial charge in [0.2, 0.25) is 17.8 Å². The molecule has 1 atom stereocenters. The number of rotatable bonds is 3. The van der Waals surface area contributed by atoms with Crippen molar-refractivity contribution in [3.8, 4) is 0 Å². The predicted molar refractivity (Wildman–Crippen MR) is 102 cm³/mol. The van der Waals surface area contributed by atoms with Gasteiger partial charge in [0.05, 0.1) is 5.92 Å². The van der Waals surface area contributed by atoms with Crippen molar-refractivity contribution in [1.29, 1.82) is 0 Å². The van der Waals surface area contributed by atoms with Gasteiger partial charge in [0.15, 0.2) is 0 Å². The van der Waals surface area contributed by atoms with Gasteiger partial charge in [-0.25, -0.2) is 9.97 Å². The molecule has 7 heteroatoms. The van der Waals surface area contributed by atoms with Crippen molar-refractivity contribution >= 4 is 23.5 Å². The van der Waals surface area contributed by atoms with E-state index in [4.69, 9.17) is 0 Å². The SMILES string of the molecule is Cc1ccc(N2C[C@@H](C(=O)N3CCN(c4ncccn4)CC3)CC2=O)cc1. The number of carbonyl (C=O) groups is 2. The van der Waals surface area contributed by atoms with Gasteiger partial charge in [0, 0.05) is 57.2 Å². The number of aromatic nitrogens is 2. The third-order valence-corrected chi connectivity index (χ3v) is 5.25. The van der Waals surface area contributed by atoms with Crippen LogP contribution in [0.3, 0.4) is 0 Å². The number of nitrogens with zero attached hydrogens (tertiary/aromatic N) is 5. The second kappa shape index (κ2) is 7.34. The molecule has 2 aromatic rings. The van der Waals surface area contributed by atoms with E-state index in [1.54, 1.807) is 23.4 Å². The summed E-state index contributed by atoms with van der Waals surface area (Å²) in [6.07, 6.45) is 3.74. The average molecular weight is 365 g/mol. The number of piperazine rings is 1. The number of anilines is 2. The van der Waals surface area contributed by atoms with Crippen LogP contribution >= 0.6 is 0 Å². The van der Waals surface area contributed by atoms with Crippen LogP contribution in [-0.4, -0.2) is 59.4 Å². The minimum absolute atomic E-state index is 0.0218. The highest BCUT2D eigenvalue weighted by Gasteiger charge is 2.38. The summed E-state index contributed by atoms with van der Waals surface area (Å²) in [5.74, 6) is 0.532. The van der Waals surface area contributed by atoms with E-state index in [9.17, 15) is 9.59 Å². The summed E-state index contributed by atoms with van der Waals surface area (Å²) < 4.78 is 0. The van der Waals surface area contributed by atoms with Crippen LogP contribution < -0.4 is 9.80 Å². The lowest BCUT2D eigenvalue weighted by Crippen LogP contribution is -2.51. The largest absolute Gasteiger partial charge is 0.339 e. The summed E-state index contributed by atoms with van der Waals surface area (Å²) in [6.45, 7) is 5.15. The van der Waals surface area contributed by atoms with Crippen molar-refractivity contribution in [3.63, 3.8) is 0 Å². The Labute approximate surface area is 158 Å². The van der Waals surface area contributed by atoms with Crippen LogP contribution in [0.15, 0.2) is 42.7 Å². The van der Waals surface area contributed by atoms with Gasteiger partial charge < -0.3 is 14.7 Å². The fourth-order valence-electron chi connectivity index (χ4n) is 3.69. The standard InChI is InChI=1S/C20H23N5O2/c1-15-3-5-17(6-4-15)25-14-16(13-18(25)26)19(27)23-9-11-24(12-10-23)20-21-7-2-8-22-20/h2-8,16H,9-14H2,1H3/t16-/m0/s1. The maximum absolute atomic E-state index is 12.9. The highest BCUT2D eigenvalue weighted by atomic mass is 16.2. The molecule has 2 saturated heterocycles. The second-order valence-electron chi connectivity index (χ2n) is 7.10. The molecule has 1 aromatic carbocycles. The average Bonchev–Trinajstić information content (AvgIpc) is 3.10. The van der Waals surface area contributed by atoms with Crippen molar-refractivity contribution in [1.82, 2.24) is 14.9 Å². The molecule has 3 heterocycles. The third kappa shape index (κ3) is 3.63. The molecular weight excluding hydrogens is 342 g/mol. The van der Waals surface area contributed by atoms with Gasteiger partial charge >= 0.3 is 0 Å². The van der Waals surface area contributed by atoms with Crippen LogP contribution in [-0.2, 0) is 9.59 Å². The molecule has 0 unspecified atom stereocenters. The summed E-state index contributed by atoms with van der Waals surface area (Å²) in [4.78, 5) is 39.6. The quantitative estimate of drug-likeness (QED) is 0.824. The van der Waals surface area contributed by atoms with E-state index in [1.807, 2.05) is 36.1 Å². The van der Waals surface area contributed by atoms with Crippen LogP contribution in [0.1, 0.15) is 12.0 Å². The first-order chi connectivity index (χ1) is 13.1. The topological polar surface area (TPSA) is 69.6 Å². The van der Waals surface area contributed by atoms with Gasteiger partial charge in [0.25, 0.3) is 0 Å². The van der Waals surface area contributed by atoms with Crippen molar-refractivity contribution < 1.29 is 9.59 Å². The highest BCUT2D eigenvalue weighted by Crippen LogP contribution is 2.27. The van der Waals surface area contributed by atoms with Crippen molar-refractivity contribution in [2.75, 3.05) is 42.5 Å². The van der Waals surface area contributed by atoms with Crippen LogP contribution in [0.5, 0.6) is 0 Å². The molecule has 2 amide bonds. The lowest BCUT2D eigenvalue weighted by molar-refractivity contribution is -0.136. The molecular formula is C20H23N5O2. The maximum Gasteiger partial charge on any atom is 0.228 e. The van der Waals surface area contributed by atoms with Crippen molar-refractivity contribution in [2.45, 2.75) is 13.3 Å². The monoisotopic (exact) mass is 365 g/mol. The fraction of sp³-hybridized carbons (Fsp3) is 0.400. The summed E-state index contributed by atoms with van der Waals surface area (Å²) in [5.41, 5.74) is 2.02. The van der Waals surface area contributed by atoms with Gasteiger partial charge in [-0.1, -0.05) is 17.7 Å². The van der Waals surface area contributed by atoms with E-state index in [0.29, 0.717) is 38.7 Å². The van der Waals surface area contributed by atoms with Gasteiger partial charge in [-0.2, -0.15) is 0 Å². The van der Waals surface area contributed by atoms with E-state index in [0.717, 1.165) is 11.3 Å². The highest BCUT2D eigenvalue weighted by molar-refractivity contribution is 6.00. The van der Waals surface area contributed by atoms with E-state index >= 15 is 0 Å². The molecule has 0 bridgehead atoms. The molecule has 2 aliphatic heterocycles. The molecule has 27 heavy (non-hydrogen) atoms. The van der Waals surface area contributed by atoms with Crippen LogP contribution in [0.4, 0.5) is 11.6 Å². The number of benzene rings is 1. The Bertz CT molecular complexity index is 816. The molecule has 0 aliphatic carbocycles. The van der Waals surface area contributed by atoms with E-state index in [1.165, 1.54) is 0 Å². The Morgan fingerprint density at radius 2 is 1.70 bits per heavy atom. The van der Waals surface area contributed by atoms with Gasteiger partial charge in [-0.15, -0.1) is 0 Å². The molecule has 140 valence electrons. The lowest BCUT2D eigenvalue weighted by atomic mass is 10.1. The summed E-state index contributed by atoms with van der Waals surface area (Å²) in [6, 6.07) is 9.66. The third-order valence-electron chi connectivity index (χ3n) is 5.25. The number of hydrogen-bond donors (Lipinski definition) is 0. The van der Waals surface area contributed by atoms with E-state index < -0.39 is 0 Å². The number of amides is 2. The summed E-state index contributed by atoms with van der Waals surface area (Å²) in [7, 11) is 0. The number of aryl methyl sites for hydroxylation is 1. The number of carbonyl (C=O) groups excluding carboxylic acids is 2. The molecule has 7 nitrogen and oxygen atoms in total. The second-order valence-corrected chi connectivity index (χ2v) is 7.10. The van der Waals surface area contributed by atoms with Gasteiger partial charge in [-0.05, 0) is 25.1 Å². The maximum atomic E-state index is 12.9. The van der Waals surface area contributed by atoms with E-state index in [2.05, 4.69) is 14.9 Å². The van der Waals surface area contributed by atoms with Crippen molar-refractivity contribution in [3.05, 3.63) is 48.3 Å². The lowest BCUT2D eigenvalue weighted by Gasteiger charge is -2.35. The normalized spacial score (nSPS) is 20.3. The zero-order valence-corrected chi connectivity index (χ0v) is 15.4. The molecule has 2 aliphatic rings. The van der Waals surface area contributed by atoms with Crippen LogP contribution in [0, 0.1) is 12.8 Å². The Balaban J connectivity index is 1.36. The Morgan fingerprint density at radius 1 is 1.04 bits per heavy atom. The molecule has 4 rings (SSSR count). The minimum atomic E-state index is -0.265. The first-order valence-corrected chi connectivity index (χ1v) is 9.29. The summed E-state index contributed by atoms with van der Waals surface area (Å²) >= 11 is 0. The molecule has 0 radical (unpaired) electrons. The Hall–Kier alpha value is -2.96. The fourth-order valence-corrected chi connectivity index (χ4v) is 3.69. The molecule has 0 N–H and O–H groups in total. The van der Waals surface area contributed by atoms with Crippen LogP contribution in [0.2, 0.25) is 0 Å².